The van der Waals surface area contributed by atoms with Crippen LogP contribution in [-0.4, -0.2) is 53.6 Å². The van der Waals surface area contributed by atoms with Gasteiger partial charge in [-0.3, -0.25) is 4.90 Å². The predicted molar refractivity (Wildman–Crippen MR) is 79.6 cm³/mol. The molecule has 0 aliphatic heterocycles. The van der Waals surface area contributed by atoms with E-state index in [-0.39, 0.29) is 13.2 Å². The standard InChI is InChI=1S/C14H19Cl2NO3/c15-10-1-4-13(16)14(7-10)20-9-12(19)8-17(5-6-18)11-2-3-11/h1,4,7,11-12,18-19H,2-3,5-6,8-9H2. The number of aliphatic hydroxyl groups excluding tert-OH is 2. The van der Waals surface area contributed by atoms with Crippen LogP contribution < -0.4 is 4.74 Å². The van der Waals surface area contributed by atoms with E-state index in [9.17, 15) is 5.11 Å². The Morgan fingerprint density at radius 3 is 2.75 bits per heavy atom. The highest BCUT2D eigenvalue weighted by Gasteiger charge is 2.29. The highest BCUT2D eigenvalue weighted by Crippen LogP contribution is 2.28. The lowest BCUT2D eigenvalue weighted by Crippen LogP contribution is -2.38. The van der Waals surface area contributed by atoms with Gasteiger partial charge >= 0.3 is 0 Å². The van der Waals surface area contributed by atoms with Gasteiger partial charge < -0.3 is 14.9 Å². The number of halogens is 2. The molecule has 0 heterocycles. The summed E-state index contributed by atoms with van der Waals surface area (Å²) in [5.74, 6) is 0.471. The number of hydrogen-bond donors (Lipinski definition) is 2. The Labute approximate surface area is 128 Å². The van der Waals surface area contributed by atoms with Gasteiger partial charge in [0.05, 0.1) is 11.6 Å². The molecule has 1 aromatic rings. The van der Waals surface area contributed by atoms with Crippen LogP contribution in [0.25, 0.3) is 0 Å². The van der Waals surface area contributed by atoms with E-state index in [0.717, 1.165) is 12.8 Å². The molecule has 4 nitrogen and oxygen atoms in total. The smallest absolute Gasteiger partial charge is 0.139 e. The first kappa shape index (κ1) is 15.9. The molecule has 2 N–H and O–H groups in total. The van der Waals surface area contributed by atoms with Crippen molar-refractivity contribution < 1.29 is 14.9 Å². The van der Waals surface area contributed by atoms with Crippen molar-refractivity contribution in [3.05, 3.63) is 28.2 Å². The molecule has 0 bridgehead atoms. The van der Waals surface area contributed by atoms with E-state index < -0.39 is 6.10 Å². The maximum atomic E-state index is 10.0. The van der Waals surface area contributed by atoms with Gasteiger partial charge in [0.2, 0.25) is 0 Å². The number of nitrogens with zero attached hydrogens (tertiary/aromatic N) is 1. The normalized spacial score (nSPS) is 16.4. The molecule has 20 heavy (non-hydrogen) atoms. The van der Waals surface area contributed by atoms with Crippen LogP contribution >= 0.6 is 23.2 Å². The number of aliphatic hydroxyl groups is 2. The number of hydrogen-bond acceptors (Lipinski definition) is 4. The maximum absolute atomic E-state index is 10.0. The van der Waals surface area contributed by atoms with Crippen LogP contribution in [0, 0.1) is 0 Å². The summed E-state index contributed by atoms with van der Waals surface area (Å²) in [5, 5.41) is 20.0. The van der Waals surface area contributed by atoms with E-state index in [1.54, 1.807) is 18.2 Å². The van der Waals surface area contributed by atoms with Gasteiger partial charge in [-0.05, 0) is 25.0 Å². The number of benzene rings is 1. The highest BCUT2D eigenvalue weighted by molar-refractivity contribution is 6.34. The molecule has 1 aliphatic rings. The Balaban J connectivity index is 1.81. The summed E-state index contributed by atoms with van der Waals surface area (Å²) in [6.45, 7) is 1.32. The Morgan fingerprint density at radius 1 is 1.35 bits per heavy atom. The van der Waals surface area contributed by atoms with Gasteiger partial charge in [0.15, 0.2) is 0 Å². The number of rotatable bonds is 8. The fourth-order valence-electron chi connectivity index (χ4n) is 2.09. The van der Waals surface area contributed by atoms with Crippen molar-refractivity contribution in [3.8, 4) is 5.75 Å². The van der Waals surface area contributed by atoms with Crippen LogP contribution in [0.5, 0.6) is 5.75 Å². The zero-order valence-corrected chi connectivity index (χ0v) is 12.6. The first-order chi connectivity index (χ1) is 9.60. The van der Waals surface area contributed by atoms with Crippen LogP contribution in [0.1, 0.15) is 12.8 Å². The van der Waals surface area contributed by atoms with Crippen LogP contribution in [0.15, 0.2) is 18.2 Å². The van der Waals surface area contributed by atoms with Gasteiger partial charge in [-0.25, -0.2) is 0 Å². The van der Waals surface area contributed by atoms with Crippen LogP contribution in [0.3, 0.4) is 0 Å². The molecule has 1 atom stereocenters. The van der Waals surface area contributed by atoms with Gasteiger partial charge in [0.25, 0.3) is 0 Å². The van der Waals surface area contributed by atoms with E-state index in [1.807, 2.05) is 0 Å². The summed E-state index contributed by atoms with van der Waals surface area (Å²) in [7, 11) is 0. The average Bonchev–Trinajstić information content (AvgIpc) is 3.24. The zero-order valence-electron chi connectivity index (χ0n) is 11.1. The summed E-state index contributed by atoms with van der Waals surface area (Å²) >= 11 is 11.9. The van der Waals surface area contributed by atoms with Crippen LogP contribution in [-0.2, 0) is 0 Å². The molecule has 0 amide bonds. The molecule has 0 radical (unpaired) electrons. The van der Waals surface area contributed by atoms with Crippen molar-refractivity contribution in [2.24, 2.45) is 0 Å². The minimum Gasteiger partial charge on any atom is -0.489 e. The van der Waals surface area contributed by atoms with Gasteiger partial charge in [-0.2, -0.15) is 0 Å². The monoisotopic (exact) mass is 319 g/mol. The second kappa shape index (κ2) is 7.48. The van der Waals surface area contributed by atoms with E-state index >= 15 is 0 Å². The first-order valence-corrected chi connectivity index (χ1v) is 7.46. The van der Waals surface area contributed by atoms with Gasteiger partial charge in [0.1, 0.15) is 18.5 Å². The molecule has 2 rings (SSSR count). The molecule has 6 heteroatoms. The van der Waals surface area contributed by atoms with Crippen molar-refractivity contribution in [2.75, 3.05) is 26.3 Å². The average molecular weight is 320 g/mol. The summed E-state index contributed by atoms with van der Waals surface area (Å²) in [4.78, 5) is 2.09. The SMILES string of the molecule is OCCN(CC(O)COc1cc(Cl)ccc1Cl)C1CC1. The molecule has 0 spiro atoms. The van der Waals surface area contributed by atoms with Gasteiger partial charge in [0, 0.05) is 30.2 Å². The third kappa shape index (κ3) is 4.79. The largest absolute Gasteiger partial charge is 0.489 e. The van der Waals surface area contributed by atoms with E-state index in [2.05, 4.69) is 4.90 Å². The molecule has 0 saturated heterocycles. The first-order valence-electron chi connectivity index (χ1n) is 6.71. The fraction of sp³-hybridized carbons (Fsp3) is 0.571. The molecule has 1 aromatic carbocycles. The summed E-state index contributed by atoms with van der Waals surface area (Å²) in [6, 6.07) is 5.46. The summed E-state index contributed by atoms with van der Waals surface area (Å²) in [5.41, 5.74) is 0. The van der Waals surface area contributed by atoms with Crippen LogP contribution in [0.4, 0.5) is 0 Å². The van der Waals surface area contributed by atoms with Crippen molar-refractivity contribution in [3.63, 3.8) is 0 Å². The molecule has 1 unspecified atom stereocenters. The molecule has 112 valence electrons. The van der Waals surface area contributed by atoms with E-state index in [1.165, 1.54) is 0 Å². The van der Waals surface area contributed by atoms with Crippen molar-refractivity contribution >= 4 is 23.2 Å². The third-order valence-corrected chi connectivity index (χ3v) is 3.77. The fourth-order valence-corrected chi connectivity index (χ4v) is 2.42. The Bertz CT molecular complexity index is 440. The predicted octanol–water partition coefficient (Wildman–Crippen LogP) is 2.19. The molecule has 1 aliphatic carbocycles. The van der Waals surface area contributed by atoms with E-state index in [0.29, 0.717) is 34.9 Å². The molecular formula is C14H19Cl2NO3. The molecule has 1 saturated carbocycles. The zero-order chi connectivity index (χ0) is 14.5. The van der Waals surface area contributed by atoms with Crippen molar-refractivity contribution in [2.45, 2.75) is 25.0 Å². The van der Waals surface area contributed by atoms with Gasteiger partial charge in [-0.1, -0.05) is 23.2 Å². The molecule has 0 aromatic heterocycles. The minimum atomic E-state index is -0.628. The second-order valence-corrected chi connectivity index (χ2v) is 5.83. The van der Waals surface area contributed by atoms with Crippen molar-refractivity contribution in [1.82, 2.24) is 4.90 Å². The Morgan fingerprint density at radius 2 is 2.10 bits per heavy atom. The minimum absolute atomic E-state index is 0.101. The third-order valence-electron chi connectivity index (χ3n) is 3.22. The van der Waals surface area contributed by atoms with Gasteiger partial charge in [-0.15, -0.1) is 0 Å². The van der Waals surface area contributed by atoms with Crippen LogP contribution in [0.2, 0.25) is 10.0 Å². The van der Waals surface area contributed by atoms with E-state index in [4.69, 9.17) is 33.0 Å². The molecular weight excluding hydrogens is 301 g/mol. The lowest BCUT2D eigenvalue weighted by molar-refractivity contribution is 0.0588. The van der Waals surface area contributed by atoms with Crippen molar-refractivity contribution in [1.29, 1.82) is 0 Å². The summed E-state index contributed by atoms with van der Waals surface area (Å²) in [6.07, 6.45) is 1.64. The Kier molecular flexibility index (Phi) is 5.93. The topological polar surface area (TPSA) is 52.9 Å². The lowest BCUT2D eigenvalue weighted by Gasteiger charge is -2.24. The second-order valence-electron chi connectivity index (χ2n) is 4.99. The maximum Gasteiger partial charge on any atom is 0.139 e. The molecule has 1 fully saturated rings. The summed E-state index contributed by atoms with van der Waals surface area (Å²) < 4.78 is 5.50. The highest BCUT2D eigenvalue weighted by atomic mass is 35.5. The quantitative estimate of drug-likeness (QED) is 0.771. The Hall–Kier alpha value is -0.520. The number of ether oxygens (including phenoxy) is 1. The lowest BCUT2D eigenvalue weighted by atomic mass is 10.3.